The smallest absolute Gasteiger partial charge is 0.240 e. The second-order valence-corrected chi connectivity index (χ2v) is 5.67. The molecule has 0 aliphatic carbocycles. The summed E-state index contributed by atoms with van der Waals surface area (Å²) in [4.78, 5) is 23.6. The Bertz CT molecular complexity index is 725. The first-order valence-electron chi connectivity index (χ1n) is 7.42. The largest absolute Gasteiger partial charge is 0.368 e. The molecule has 0 saturated heterocycles. The fraction of sp³-hybridized carbons (Fsp3) is 0.222. The van der Waals surface area contributed by atoms with Crippen LogP contribution in [-0.4, -0.2) is 17.9 Å². The fourth-order valence-electron chi connectivity index (χ4n) is 2.33. The van der Waals surface area contributed by atoms with Gasteiger partial charge in [0.25, 0.3) is 0 Å². The van der Waals surface area contributed by atoms with Crippen molar-refractivity contribution >= 4 is 11.8 Å². The molecule has 2 rings (SSSR count). The van der Waals surface area contributed by atoms with Crippen molar-refractivity contribution in [3.8, 4) is 0 Å². The van der Waals surface area contributed by atoms with E-state index in [2.05, 4.69) is 5.32 Å². The predicted molar refractivity (Wildman–Crippen MR) is 86.1 cm³/mol. The number of rotatable bonds is 6. The van der Waals surface area contributed by atoms with Gasteiger partial charge in [-0.1, -0.05) is 29.8 Å². The molecule has 2 aromatic rings. The van der Waals surface area contributed by atoms with E-state index in [-0.39, 0.29) is 18.4 Å². The Morgan fingerprint density at radius 1 is 1.04 bits per heavy atom. The first-order valence-corrected chi connectivity index (χ1v) is 7.42. The van der Waals surface area contributed by atoms with Gasteiger partial charge in [-0.05, 0) is 30.2 Å². The summed E-state index contributed by atoms with van der Waals surface area (Å²) >= 11 is 0. The highest BCUT2D eigenvalue weighted by Crippen LogP contribution is 2.10. The van der Waals surface area contributed by atoms with Gasteiger partial charge >= 0.3 is 0 Å². The Labute approximate surface area is 138 Å². The van der Waals surface area contributed by atoms with Crippen LogP contribution >= 0.6 is 0 Å². The molecule has 4 nitrogen and oxygen atoms in total. The van der Waals surface area contributed by atoms with E-state index in [9.17, 15) is 18.4 Å². The van der Waals surface area contributed by atoms with E-state index in [0.717, 1.165) is 29.3 Å². The number of aryl methyl sites for hydroxylation is 1. The number of carbonyl (C=O) groups excluding carboxylic acids is 2. The van der Waals surface area contributed by atoms with Crippen LogP contribution in [-0.2, 0) is 22.4 Å². The van der Waals surface area contributed by atoms with Gasteiger partial charge in [-0.2, -0.15) is 0 Å². The quantitative estimate of drug-likeness (QED) is 0.849. The molecule has 2 aromatic carbocycles. The van der Waals surface area contributed by atoms with Crippen molar-refractivity contribution in [3.63, 3.8) is 0 Å². The number of hydrogen-bond donors (Lipinski definition) is 2. The zero-order chi connectivity index (χ0) is 17.7. The van der Waals surface area contributed by atoms with Gasteiger partial charge in [0.05, 0.1) is 6.42 Å². The van der Waals surface area contributed by atoms with E-state index in [0.29, 0.717) is 0 Å². The molecule has 0 bridgehead atoms. The van der Waals surface area contributed by atoms with Crippen LogP contribution in [0.2, 0.25) is 0 Å². The molecule has 2 amide bonds. The van der Waals surface area contributed by atoms with Gasteiger partial charge in [0.1, 0.15) is 17.7 Å². The third-order valence-electron chi connectivity index (χ3n) is 3.53. The van der Waals surface area contributed by atoms with E-state index in [1.807, 2.05) is 31.2 Å². The summed E-state index contributed by atoms with van der Waals surface area (Å²) in [7, 11) is 0. The molecule has 0 fully saturated rings. The summed E-state index contributed by atoms with van der Waals surface area (Å²) in [6, 6.07) is 9.46. The molecule has 3 N–H and O–H groups in total. The molecule has 0 spiro atoms. The Kier molecular flexibility index (Phi) is 5.63. The summed E-state index contributed by atoms with van der Waals surface area (Å²) in [5.41, 5.74) is 7.44. The standard InChI is InChI=1S/C18H18F2N2O2/c1-11-2-4-12(5-3-11)8-16(18(21)24)22-17(23)9-13-6-14(19)10-15(20)7-13/h2-7,10,16H,8-9H2,1H3,(H2,21,24)(H,22,23)/t16-/m0/s1. The van der Waals surface area contributed by atoms with E-state index in [1.54, 1.807) is 0 Å². The molecule has 6 heteroatoms. The van der Waals surface area contributed by atoms with Crippen LogP contribution in [0.4, 0.5) is 8.78 Å². The first kappa shape index (κ1) is 17.6. The summed E-state index contributed by atoms with van der Waals surface area (Å²) in [6.07, 6.45) is 0.00518. The number of primary amides is 1. The lowest BCUT2D eigenvalue weighted by Gasteiger charge is -2.16. The normalized spacial score (nSPS) is 11.8. The molecule has 1 atom stereocenters. The summed E-state index contributed by atoms with van der Waals surface area (Å²) in [5.74, 6) is -2.72. The summed E-state index contributed by atoms with van der Waals surface area (Å²) in [5, 5.41) is 2.51. The first-order chi connectivity index (χ1) is 11.3. The van der Waals surface area contributed by atoms with Gasteiger partial charge < -0.3 is 11.1 Å². The Morgan fingerprint density at radius 2 is 1.62 bits per heavy atom. The van der Waals surface area contributed by atoms with Crippen LogP contribution < -0.4 is 11.1 Å². The molecule has 0 aromatic heterocycles. The van der Waals surface area contributed by atoms with E-state index >= 15 is 0 Å². The Morgan fingerprint density at radius 3 is 2.17 bits per heavy atom. The molecule has 0 aliphatic rings. The van der Waals surface area contributed by atoms with E-state index in [4.69, 9.17) is 5.73 Å². The van der Waals surface area contributed by atoms with Crippen LogP contribution in [0.5, 0.6) is 0 Å². The Balaban J connectivity index is 2.02. The van der Waals surface area contributed by atoms with Gasteiger partial charge in [0.15, 0.2) is 0 Å². The third kappa shape index (κ3) is 5.15. The number of amides is 2. The van der Waals surface area contributed by atoms with Crippen molar-refractivity contribution in [2.24, 2.45) is 5.73 Å². The minimum Gasteiger partial charge on any atom is -0.368 e. The zero-order valence-corrected chi connectivity index (χ0v) is 13.2. The minimum atomic E-state index is -0.890. The number of benzene rings is 2. The lowest BCUT2D eigenvalue weighted by Crippen LogP contribution is -2.46. The Hall–Kier alpha value is -2.76. The zero-order valence-electron chi connectivity index (χ0n) is 13.2. The summed E-state index contributed by atoms with van der Waals surface area (Å²) < 4.78 is 26.3. The topological polar surface area (TPSA) is 72.2 Å². The van der Waals surface area contributed by atoms with E-state index in [1.165, 1.54) is 0 Å². The van der Waals surface area contributed by atoms with Gasteiger partial charge in [-0.15, -0.1) is 0 Å². The molecule has 24 heavy (non-hydrogen) atoms. The number of carbonyl (C=O) groups is 2. The van der Waals surface area contributed by atoms with Crippen LogP contribution in [0.1, 0.15) is 16.7 Å². The van der Waals surface area contributed by atoms with Crippen LogP contribution in [0, 0.1) is 18.6 Å². The highest BCUT2D eigenvalue weighted by atomic mass is 19.1. The second kappa shape index (κ2) is 7.68. The molecular formula is C18H18F2N2O2. The van der Waals surface area contributed by atoms with E-state index < -0.39 is 29.5 Å². The highest BCUT2D eigenvalue weighted by molar-refractivity contribution is 5.87. The van der Waals surface area contributed by atoms with Crippen molar-refractivity contribution in [2.75, 3.05) is 0 Å². The molecule has 0 saturated carbocycles. The maximum atomic E-state index is 13.1. The SMILES string of the molecule is Cc1ccc(C[C@H](NC(=O)Cc2cc(F)cc(F)c2)C(N)=O)cc1. The summed E-state index contributed by atoms with van der Waals surface area (Å²) in [6.45, 7) is 1.94. The highest BCUT2D eigenvalue weighted by Gasteiger charge is 2.19. The van der Waals surface area contributed by atoms with Crippen molar-refractivity contribution in [3.05, 3.63) is 70.8 Å². The predicted octanol–water partition coefficient (Wildman–Crippen LogP) is 2.03. The molecular weight excluding hydrogens is 314 g/mol. The van der Waals surface area contributed by atoms with Crippen LogP contribution in [0.25, 0.3) is 0 Å². The molecule has 0 radical (unpaired) electrons. The molecule has 0 aliphatic heterocycles. The van der Waals surface area contributed by atoms with Crippen molar-refractivity contribution in [2.45, 2.75) is 25.8 Å². The average molecular weight is 332 g/mol. The minimum absolute atomic E-state index is 0.184. The van der Waals surface area contributed by atoms with Gasteiger partial charge in [0, 0.05) is 12.5 Å². The second-order valence-electron chi connectivity index (χ2n) is 5.67. The van der Waals surface area contributed by atoms with Crippen molar-refractivity contribution in [1.82, 2.24) is 5.32 Å². The van der Waals surface area contributed by atoms with Crippen molar-refractivity contribution < 1.29 is 18.4 Å². The third-order valence-corrected chi connectivity index (χ3v) is 3.53. The number of nitrogens with two attached hydrogens (primary N) is 1. The van der Waals surface area contributed by atoms with Gasteiger partial charge in [-0.25, -0.2) is 8.78 Å². The number of nitrogens with one attached hydrogen (secondary N) is 1. The maximum absolute atomic E-state index is 13.1. The lowest BCUT2D eigenvalue weighted by molar-refractivity contribution is -0.127. The van der Waals surface area contributed by atoms with Gasteiger partial charge in [0.2, 0.25) is 11.8 Å². The van der Waals surface area contributed by atoms with Crippen molar-refractivity contribution in [1.29, 1.82) is 0 Å². The lowest BCUT2D eigenvalue weighted by atomic mass is 10.0. The average Bonchev–Trinajstić information content (AvgIpc) is 2.47. The van der Waals surface area contributed by atoms with Gasteiger partial charge in [-0.3, -0.25) is 9.59 Å². The maximum Gasteiger partial charge on any atom is 0.240 e. The number of halogens is 2. The van der Waals surface area contributed by atoms with Crippen LogP contribution in [0.3, 0.4) is 0 Å². The molecule has 0 heterocycles. The van der Waals surface area contributed by atoms with Crippen LogP contribution in [0.15, 0.2) is 42.5 Å². The molecule has 126 valence electrons. The fourth-order valence-corrected chi connectivity index (χ4v) is 2.33. The monoisotopic (exact) mass is 332 g/mol. The molecule has 0 unspecified atom stereocenters. The number of hydrogen-bond acceptors (Lipinski definition) is 2.